The molecule has 0 spiro atoms. The predicted octanol–water partition coefficient (Wildman–Crippen LogP) is 3.05. The second-order valence-electron chi connectivity index (χ2n) is 5.97. The van der Waals surface area contributed by atoms with Gasteiger partial charge in [0.1, 0.15) is 18.4 Å². The number of hydrogen-bond acceptors (Lipinski definition) is 3. The van der Waals surface area contributed by atoms with Gasteiger partial charge in [-0.15, -0.1) is 0 Å². The van der Waals surface area contributed by atoms with E-state index in [0.29, 0.717) is 5.57 Å². The molecule has 1 saturated carbocycles. The number of amides is 1. The molecular weight excluding hydrogens is 276 g/mol. The summed E-state index contributed by atoms with van der Waals surface area (Å²) >= 11 is 0. The van der Waals surface area contributed by atoms with Crippen molar-refractivity contribution < 1.29 is 9.53 Å². The van der Waals surface area contributed by atoms with Gasteiger partial charge in [-0.1, -0.05) is 37.5 Å². The van der Waals surface area contributed by atoms with Crippen molar-refractivity contribution in [2.75, 3.05) is 6.61 Å². The molecule has 1 N–H and O–H groups in total. The standard InChI is InChI=1S/C18H20N2O2/c19-11-16(13-6-2-1-3-7-13)20-18(21)15-10-14-8-4-5-9-17(14)22-12-15/h4-5,8-10,13,16H,1-3,6-7,12H2,(H,20,21)/t16-/m0/s1. The van der Waals surface area contributed by atoms with Crippen molar-refractivity contribution >= 4 is 12.0 Å². The number of nitrogens with one attached hydrogen (secondary N) is 1. The first-order valence-corrected chi connectivity index (χ1v) is 7.91. The van der Waals surface area contributed by atoms with Crippen LogP contribution in [0.15, 0.2) is 29.8 Å². The summed E-state index contributed by atoms with van der Waals surface area (Å²) in [5.74, 6) is 0.884. The van der Waals surface area contributed by atoms with E-state index < -0.39 is 6.04 Å². The normalized spacial score (nSPS) is 19.1. The minimum Gasteiger partial charge on any atom is -0.488 e. The predicted molar refractivity (Wildman–Crippen MR) is 84.0 cm³/mol. The highest BCUT2D eigenvalue weighted by Crippen LogP contribution is 2.28. The highest BCUT2D eigenvalue weighted by molar-refractivity contribution is 5.99. The van der Waals surface area contributed by atoms with E-state index in [1.165, 1.54) is 6.42 Å². The molecule has 0 radical (unpaired) electrons. The Morgan fingerprint density at radius 2 is 2.05 bits per heavy atom. The number of fused-ring (bicyclic) bond motifs is 1. The molecule has 1 aromatic carbocycles. The summed E-state index contributed by atoms with van der Waals surface area (Å²) < 4.78 is 5.61. The Balaban J connectivity index is 1.69. The first kappa shape index (κ1) is 14.6. The zero-order valence-corrected chi connectivity index (χ0v) is 12.5. The smallest absolute Gasteiger partial charge is 0.251 e. The van der Waals surface area contributed by atoms with E-state index in [1.54, 1.807) is 0 Å². The third kappa shape index (κ3) is 3.14. The van der Waals surface area contributed by atoms with Gasteiger partial charge in [-0.25, -0.2) is 0 Å². The molecule has 114 valence electrons. The summed E-state index contributed by atoms with van der Waals surface area (Å²) in [5.41, 5.74) is 1.49. The number of para-hydroxylation sites is 1. The Morgan fingerprint density at radius 1 is 1.27 bits per heavy atom. The summed E-state index contributed by atoms with van der Waals surface area (Å²) in [6.07, 6.45) is 7.44. The van der Waals surface area contributed by atoms with Crippen LogP contribution in [-0.4, -0.2) is 18.6 Å². The lowest BCUT2D eigenvalue weighted by molar-refractivity contribution is -0.118. The molecule has 4 heteroatoms. The van der Waals surface area contributed by atoms with Crippen LogP contribution in [-0.2, 0) is 4.79 Å². The summed E-state index contributed by atoms with van der Waals surface area (Å²) in [6.45, 7) is 0.256. The Bertz CT molecular complexity index is 624. The van der Waals surface area contributed by atoms with Crippen LogP contribution in [0.25, 0.3) is 6.08 Å². The number of benzene rings is 1. The molecule has 0 unspecified atom stereocenters. The van der Waals surface area contributed by atoms with Gasteiger partial charge in [-0.05, 0) is 30.9 Å². The molecular formula is C18H20N2O2. The Kier molecular flexibility index (Phi) is 4.43. The SMILES string of the molecule is N#C[C@H](NC(=O)C1=Cc2ccccc2OC1)C1CCCCC1. The van der Waals surface area contributed by atoms with Crippen molar-refractivity contribution in [2.45, 2.75) is 38.1 Å². The molecule has 1 aromatic rings. The van der Waals surface area contributed by atoms with E-state index in [9.17, 15) is 10.1 Å². The number of nitriles is 1. The van der Waals surface area contributed by atoms with Crippen LogP contribution in [0.5, 0.6) is 5.75 Å². The molecule has 0 aromatic heterocycles. The van der Waals surface area contributed by atoms with Crippen LogP contribution in [0.1, 0.15) is 37.7 Å². The van der Waals surface area contributed by atoms with Gasteiger partial charge >= 0.3 is 0 Å². The van der Waals surface area contributed by atoms with E-state index >= 15 is 0 Å². The summed E-state index contributed by atoms with van der Waals surface area (Å²) in [4.78, 5) is 12.4. The van der Waals surface area contributed by atoms with Crippen LogP contribution < -0.4 is 10.1 Å². The van der Waals surface area contributed by atoms with Gasteiger partial charge in [0.15, 0.2) is 0 Å². The van der Waals surface area contributed by atoms with Crippen molar-refractivity contribution in [1.29, 1.82) is 5.26 Å². The lowest BCUT2D eigenvalue weighted by atomic mass is 9.84. The van der Waals surface area contributed by atoms with Crippen molar-refractivity contribution in [3.05, 3.63) is 35.4 Å². The van der Waals surface area contributed by atoms with Gasteiger partial charge in [0.2, 0.25) is 0 Å². The van der Waals surface area contributed by atoms with Crippen LogP contribution in [0, 0.1) is 17.2 Å². The maximum atomic E-state index is 12.4. The third-order valence-electron chi connectivity index (χ3n) is 4.47. The van der Waals surface area contributed by atoms with Crippen molar-refractivity contribution in [3.63, 3.8) is 0 Å². The van der Waals surface area contributed by atoms with Gasteiger partial charge in [-0.2, -0.15) is 5.26 Å². The van der Waals surface area contributed by atoms with Gasteiger partial charge in [0.25, 0.3) is 5.91 Å². The highest BCUT2D eigenvalue weighted by atomic mass is 16.5. The maximum absolute atomic E-state index is 12.4. The van der Waals surface area contributed by atoms with Gasteiger partial charge < -0.3 is 10.1 Å². The van der Waals surface area contributed by atoms with Crippen LogP contribution >= 0.6 is 0 Å². The minimum atomic E-state index is -0.397. The van der Waals surface area contributed by atoms with E-state index in [0.717, 1.165) is 37.0 Å². The lowest BCUT2D eigenvalue weighted by Crippen LogP contribution is -2.41. The fraction of sp³-hybridized carbons (Fsp3) is 0.444. The first-order chi connectivity index (χ1) is 10.8. The minimum absolute atomic E-state index is 0.188. The Morgan fingerprint density at radius 3 is 2.82 bits per heavy atom. The van der Waals surface area contributed by atoms with Gasteiger partial charge in [0, 0.05) is 5.56 Å². The summed E-state index contributed by atoms with van der Waals surface area (Å²) in [7, 11) is 0. The number of ether oxygens (including phenoxy) is 1. The molecule has 1 atom stereocenters. The molecule has 1 amide bonds. The van der Waals surface area contributed by atoms with E-state index in [-0.39, 0.29) is 18.4 Å². The molecule has 3 rings (SSSR count). The molecule has 2 aliphatic rings. The number of carbonyl (C=O) groups excluding carboxylic acids is 1. The second-order valence-corrected chi connectivity index (χ2v) is 5.97. The van der Waals surface area contributed by atoms with Crippen molar-refractivity contribution in [1.82, 2.24) is 5.32 Å². The van der Waals surface area contributed by atoms with Gasteiger partial charge in [-0.3, -0.25) is 4.79 Å². The lowest BCUT2D eigenvalue weighted by Gasteiger charge is -2.27. The average Bonchev–Trinajstić information content (AvgIpc) is 2.59. The number of hydrogen-bond donors (Lipinski definition) is 1. The van der Waals surface area contributed by atoms with Gasteiger partial charge in [0.05, 0.1) is 11.6 Å². The Labute approximate surface area is 130 Å². The zero-order valence-electron chi connectivity index (χ0n) is 12.5. The van der Waals surface area contributed by atoms with Crippen molar-refractivity contribution in [2.24, 2.45) is 5.92 Å². The monoisotopic (exact) mass is 296 g/mol. The van der Waals surface area contributed by atoms with E-state index in [1.807, 2.05) is 30.3 Å². The van der Waals surface area contributed by atoms with E-state index in [4.69, 9.17) is 4.74 Å². The highest BCUT2D eigenvalue weighted by Gasteiger charge is 2.26. The van der Waals surface area contributed by atoms with Crippen LogP contribution in [0.4, 0.5) is 0 Å². The molecule has 1 heterocycles. The fourth-order valence-corrected chi connectivity index (χ4v) is 3.20. The van der Waals surface area contributed by atoms with E-state index in [2.05, 4.69) is 11.4 Å². The molecule has 4 nitrogen and oxygen atoms in total. The molecule has 0 bridgehead atoms. The molecule has 1 aliphatic heterocycles. The van der Waals surface area contributed by atoms with Crippen molar-refractivity contribution in [3.8, 4) is 11.8 Å². The Hall–Kier alpha value is -2.28. The fourth-order valence-electron chi connectivity index (χ4n) is 3.20. The quantitative estimate of drug-likeness (QED) is 0.932. The first-order valence-electron chi connectivity index (χ1n) is 7.91. The topological polar surface area (TPSA) is 62.1 Å². The second kappa shape index (κ2) is 6.65. The number of nitrogens with zero attached hydrogens (tertiary/aromatic N) is 1. The zero-order chi connectivity index (χ0) is 15.4. The van der Waals surface area contributed by atoms with Crippen LogP contribution in [0.2, 0.25) is 0 Å². The number of carbonyl (C=O) groups is 1. The number of rotatable bonds is 3. The summed E-state index contributed by atoms with van der Waals surface area (Å²) in [6, 6.07) is 9.50. The maximum Gasteiger partial charge on any atom is 0.251 e. The third-order valence-corrected chi connectivity index (χ3v) is 4.47. The molecule has 1 aliphatic carbocycles. The molecule has 0 saturated heterocycles. The van der Waals surface area contributed by atoms with Crippen LogP contribution in [0.3, 0.4) is 0 Å². The average molecular weight is 296 g/mol. The summed E-state index contributed by atoms with van der Waals surface area (Å²) in [5, 5.41) is 12.3. The largest absolute Gasteiger partial charge is 0.488 e. The molecule has 22 heavy (non-hydrogen) atoms. The molecule has 1 fully saturated rings.